The van der Waals surface area contributed by atoms with Crippen LogP contribution in [0.15, 0.2) is 91.0 Å². The molecule has 0 N–H and O–H groups in total. The number of benzene rings is 3. The SMILES string of the molecule is CCOC(=O)c1c(-c2ccc(Cl)cc2)c(C(=O)c2ccccc2)n2c1ccc1ccccc12. The average Bonchev–Trinajstić information content (AvgIpc) is 3.20. The fourth-order valence-electron chi connectivity index (χ4n) is 4.25. The molecule has 0 unspecified atom stereocenters. The Morgan fingerprint density at radius 1 is 0.818 bits per heavy atom. The van der Waals surface area contributed by atoms with E-state index in [4.69, 9.17) is 16.3 Å². The van der Waals surface area contributed by atoms with Gasteiger partial charge in [0.25, 0.3) is 0 Å². The lowest BCUT2D eigenvalue weighted by Crippen LogP contribution is -2.08. The molecule has 0 aliphatic rings. The van der Waals surface area contributed by atoms with E-state index in [9.17, 15) is 9.59 Å². The number of hydrogen-bond donors (Lipinski definition) is 0. The van der Waals surface area contributed by atoms with Crippen molar-refractivity contribution in [3.8, 4) is 11.1 Å². The summed E-state index contributed by atoms with van der Waals surface area (Å²) in [5.74, 6) is -0.648. The number of esters is 1. The van der Waals surface area contributed by atoms with Crippen LogP contribution in [0.2, 0.25) is 5.02 Å². The van der Waals surface area contributed by atoms with Gasteiger partial charge in [-0.25, -0.2) is 4.79 Å². The van der Waals surface area contributed by atoms with Gasteiger partial charge in [-0.3, -0.25) is 4.79 Å². The van der Waals surface area contributed by atoms with E-state index in [1.807, 2.05) is 71.1 Å². The average molecular weight is 454 g/mol. The van der Waals surface area contributed by atoms with Crippen molar-refractivity contribution >= 4 is 39.8 Å². The molecule has 0 atom stereocenters. The molecule has 5 aromatic rings. The number of hydrogen-bond acceptors (Lipinski definition) is 3. The second-order valence-corrected chi connectivity index (χ2v) is 8.07. The van der Waals surface area contributed by atoms with E-state index in [1.54, 1.807) is 31.2 Å². The van der Waals surface area contributed by atoms with E-state index < -0.39 is 5.97 Å². The number of para-hydroxylation sites is 1. The zero-order chi connectivity index (χ0) is 22.9. The Hall–Kier alpha value is -3.89. The van der Waals surface area contributed by atoms with Crippen molar-refractivity contribution in [3.05, 3.63) is 113 Å². The number of fused-ring (bicyclic) bond motifs is 3. The molecular weight excluding hydrogens is 434 g/mol. The Kier molecular flexibility index (Phi) is 5.45. The van der Waals surface area contributed by atoms with Crippen LogP contribution in [-0.4, -0.2) is 22.8 Å². The summed E-state index contributed by atoms with van der Waals surface area (Å²) in [5, 5.41) is 1.53. The molecule has 2 heterocycles. The topological polar surface area (TPSA) is 47.8 Å². The number of carbonyl (C=O) groups excluding carboxylic acids is 2. The van der Waals surface area contributed by atoms with Gasteiger partial charge < -0.3 is 9.14 Å². The molecule has 162 valence electrons. The van der Waals surface area contributed by atoms with Crippen LogP contribution < -0.4 is 0 Å². The molecule has 0 saturated carbocycles. The van der Waals surface area contributed by atoms with Gasteiger partial charge in [0.2, 0.25) is 5.78 Å². The highest BCUT2D eigenvalue weighted by Crippen LogP contribution is 2.38. The summed E-state index contributed by atoms with van der Waals surface area (Å²) in [6.07, 6.45) is 0. The van der Waals surface area contributed by atoms with Crippen LogP contribution >= 0.6 is 11.6 Å². The maximum atomic E-state index is 14.0. The predicted octanol–water partition coefficient (Wildman–Crippen LogP) is 6.82. The molecule has 0 amide bonds. The van der Waals surface area contributed by atoms with Gasteiger partial charge in [-0.1, -0.05) is 78.3 Å². The zero-order valence-corrected chi connectivity index (χ0v) is 18.7. The predicted molar refractivity (Wildman–Crippen MR) is 131 cm³/mol. The van der Waals surface area contributed by atoms with Crippen LogP contribution in [0.4, 0.5) is 0 Å². The first-order valence-electron chi connectivity index (χ1n) is 10.7. The van der Waals surface area contributed by atoms with Crippen molar-refractivity contribution in [1.29, 1.82) is 0 Å². The largest absolute Gasteiger partial charge is 0.462 e. The van der Waals surface area contributed by atoms with E-state index >= 15 is 0 Å². The molecule has 4 nitrogen and oxygen atoms in total. The van der Waals surface area contributed by atoms with Gasteiger partial charge in [0.15, 0.2) is 0 Å². The summed E-state index contributed by atoms with van der Waals surface area (Å²) in [5.41, 5.74) is 4.03. The fraction of sp³-hybridized carbons (Fsp3) is 0.0714. The molecule has 5 heteroatoms. The van der Waals surface area contributed by atoms with Crippen LogP contribution in [0.25, 0.3) is 27.5 Å². The molecule has 5 rings (SSSR count). The molecule has 0 spiro atoms. The third-order valence-corrected chi connectivity index (χ3v) is 5.92. The second-order valence-electron chi connectivity index (χ2n) is 7.63. The van der Waals surface area contributed by atoms with Gasteiger partial charge >= 0.3 is 5.97 Å². The third-order valence-electron chi connectivity index (χ3n) is 5.67. The molecule has 0 aliphatic heterocycles. The Morgan fingerprint density at radius 3 is 2.24 bits per heavy atom. The van der Waals surface area contributed by atoms with Crippen molar-refractivity contribution in [3.63, 3.8) is 0 Å². The van der Waals surface area contributed by atoms with Crippen LogP contribution in [0.3, 0.4) is 0 Å². The van der Waals surface area contributed by atoms with Gasteiger partial charge in [0.05, 0.1) is 23.2 Å². The summed E-state index contributed by atoms with van der Waals surface area (Å²) in [6, 6.07) is 27.9. The number of carbonyl (C=O) groups is 2. The highest BCUT2D eigenvalue weighted by Gasteiger charge is 2.30. The van der Waals surface area contributed by atoms with E-state index in [0.29, 0.717) is 32.9 Å². The summed E-state index contributed by atoms with van der Waals surface area (Å²) in [7, 11) is 0. The number of ketones is 1. The maximum absolute atomic E-state index is 14.0. The second kappa shape index (κ2) is 8.57. The quantitative estimate of drug-likeness (QED) is 0.216. The minimum atomic E-state index is -0.470. The molecule has 3 aromatic carbocycles. The summed E-state index contributed by atoms with van der Waals surface area (Å²) in [6.45, 7) is 2.00. The lowest BCUT2D eigenvalue weighted by Gasteiger charge is -2.10. The number of pyridine rings is 1. The molecule has 0 radical (unpaired) electrons. The highest BCUT2D eigenvalue weighted by molar-refractivity contribution is 6.30. The van der Waals surface area contributed by atoms with Crippen molar-refractivity contribution in [2.75, 3.05) is 6.61 Å². The van der Waals surface area contributed by atoms with Gasteiger partial charge in [-0.05, 0) is 42.1 Å². The Balaban J connectivity index is 1.97. The van der Waals surface area contributed by atoms with E-state index in [2.05, 4.69) is 0 Å². The third kappa shape index (κ3) is 3.59. The number of halogens is 1. The minimum absolute atomic E-state index is 0.178. The van der Waals surface area contributed by atoms with Gasteiger partial charge in [-0.2, -0.15) is 0 Å². The van der Waals surface area contributed by atoms with Gasteiger partial charge in [0.1, 0.15) is 5.69 Å². The Labute approximate surface area is 196 Å². The van der Waals surface area contributed by atoms with Crippen molar-refractivity contribution in [2.24, 2.45) is 0 Å². The first-order chi connectivity index (χ1) is 16.1. The van der Waals surface area contributed by atoms with Gasteiger partial charge in [-0.15, -0.1) is 0 Å². The smallest absolute Gasteiger partial charge is 0.340 e. The first kappa shape index (κ1) is 21.0. The van der Waals surface area contributed by atoms with Crippen molar-refractivity contribution in [1.82, 2.24) is 4.40 Å². The van der Waals surface area contributed by atoms with Crippen molar-refractivity contribution in [2.45, 2.75) is 6.92 Å². The summed E-state index contributed by atoms with van der Waals surface area (Å²) < 4.78 is 7.32. The van der Waals surface area contributed by atoms with E-state index in [0.717, 1.165) is 16.5 Å². The van der Waals surface area contributed by atoms with Gasteiger partial charge in [0, 0.05) is 16.1 Å². The highest BCUT2D eigenvalue weighted by atomic mass is 35.5. The van der Waals surface area contributed by atoms with Crippen LogP contribution in [0, 0.1) is 0 Å². The molecule has 0 aliphatic carbocycles. The molecular formula is C28H20ClNO3. The Bertz CT molecular complexity index is 1500. The van der Waals surface area contributed by atoms with Crippen molar-refractivity contribution < 1.29 is 14.3 Å². The lowest BCUT2D eigenvalue weighted by atomic mass is 9.96. The monoisotopic (exact) mass is 453 g/mol. The summed E-state index contributed by atoms with van der Waals surface area (Å²) in [4.78, 5) is 27.2. The van der Waals surface area contributed by atoms with E-state index in [-0.39, 0.29) is 12.4 Å². The number of nitrogens with zero attached hydrogens (tertiary/aromatic N) is 1. The first-order valence-corrected chi connectivity index (χ1v) is 11.1. The molecule has 0 fully saturated rings. The molecule has 2 aromatic heterocycles. The molecule has 33 heavy (non-hydrogen) atoms. The van der Waals surface area contributed by atoms with E-state index in [1.165, 1.54) is 0 Å². The molecule has 0 saturated heterocycles. The number of aromatic nitrogens is 1. The Morgan fingerprint density at radius 2 is 1.52 bits per heavy atom. The zero-order valence-electron chi connectivity index (χ0n) is 17.9. The number of ether oxygens (including phenoxy) is 1. The lowest BCUT2D eigenvalue weighted by molar-refractivity contribution is 0.0529. The minimum Gasteiger partial charge on any atom is -0.462 e. The standard InChI is InChI=1S/C28H20ClNO3/c1-2-33-28(32)25-23-17-14-18-8-6-7-11-22(18)30(23)26(27(31)20-9-4-3-5-10-20)24(25)19-12-15-21(29)16-13-19/h3-17H,2H2,1H3. The van der Waals surface area contributed by atoms with Crippen LogP contribution in [0.5, 0.6) is 0 Å². The summed E-state index contributed by atoms with van der Waals surface area (Å²) >= 11 is 6.14. The number of rotatable bonds is 5. The normalized spacial score (nSPS) is 11.1. The maximum Gasteiger partial charge on any atom is 0.340 e. The molecule has 0 bridgehead atoms. The fourth-order valence-corrected chi connectivity index (χ4v) is 4.37. The van der Waals surface area contributed by atoms with Crippen LogP contribution in [-0.2, 0) is 4.74 Å². The van der Waals surface area contributed by atoms with Crippen LogP contribution in [0.1, 0.15) is 33.3 Å².